The van der Waals surface area contributed by atoms with Gasteiger partial charge in [0.05, 0.1) is 25.0 Å². The molecule has 1 rings (SSSR count). The van der Waals surface area contributed by atoms with Crippen LogP contribution in [-0.4, -0.2) is 43.1 Å². The van der Waals surface area contributed by atoms with Crippen molar-refractivity contribution in [2.75, 3.05) is 13.7 Å². The van der Waals surface area contributed by atoms with Crippen molar-refractivity contribution in [2.45, 2.75) is 65.1 Å². The highest BCUT2D eigenvalue weighted by molar-refractivity contribution is 5.90. The Kier molecular flexibility index (Phi) is 11.1. The molecule has 0 spiro atoms. The van der Waals surface area contributed by atoms with Gasteiger partial charge in [0.1, 0.15) is 11.6 Å². The van der Waals surface area contributed by atoms with E-state index in [2.05, 4.69) is 17.2 Å². The summed E-state index contributed by atoms with van der Waals surface area (Å²) in [5.41, 5.74) is 0.270. The van der Waals surface area contributed by atoms with Crippen molar-refractivity contribution in [3.05, 3.63) is 48.6 Å². The van der Waals surface area contributed by atoms with Crippen LogP contribution in [0.5, 0.6) is 0 Å². The lowest BCUT2D eigenvalue weighted by atomic mass is 9.97. The van der Waals surface area contributed by atoms with Crippen molar-refractivity contribution in [3.8, 4) is 0 Å². The molecule has 0 fully saturated rings. The van der Waals surface area contributed by atoms with Crippen molar-refractivity contribution >= 4 is 17.8 Å². The van der Waals surface area contributed by atoms with Gasteiger partial charge >= 0.3 is 5.97 Å². The molecule has 178 valence electrons. The van der Waals surface area contributed by atoms with E-state index in [9.17, 15) is 14.4 Å². The summed E-state index contributed by atoms with van der Waals surface area (Å²) in [7, 11) is 1.57. The zero-order chi connectivity index (χ0) is 24.3. The molecular formula is C25H38N2O5. The Bertz CT molecular complexity index is 755. The number of carbonyl (C=O) groups is 3. The lowest BCUT2D eigenvalue weighted by Crippen LogP contribution is -2.52. The number of carbonyl (C=O) groups excluding carboxylic acids is 3. The molecule has 0 radical (unpaired) electrons. The van der Waals surface area contributed by atoms with Gasteiger partial charge in [0.25, 0.3) is 0 Å². The van der Waals surface area contributed by atoms with Crippen LogP contribution in [0.15, 0.2) is 43.0 Å². The van der Waals surface area contributed by atoms with Crippen LogP contribution in [0.2, 0.25) is 0 Å². The minimum absolute atomic E-state index is 0.0854. The van der Waals surface area contributed by atoms with Crippen LogP contribution in [0.1, 0.15) is 59.1 Å². The van der Waals surface area contributed by atoms with E-state index in [0.29, 0.717) is 13.0 Å². The molecule has 0 saturated heterocycles. The Morgan fingerprint density at radius 1 is 1.06 bits per heavy atom. The van der Waals surface area contributed by atoms with E-state index in [1.54, 1.807) is 34.0 Å². The van der Waals surface area contributed by atoms with Crippen LogP contribution in [0.3, 0.4) is 0 Å². The average Bonchev–Trinajstić information content (AvgIpc) is 2.70. The third kappa shape index (κ3) is 9.64. The van der Waals surface area contributed by atoms with Gasteiger partial charge < -0.3 is 20.1 Å². The maximum absolute atomic E-state index is 13.1. The first-order valence-electron chi connectivity index (χ1n) is 11.0. The summed E-state index contributed by atoms with van der Waals surface area (Å²) >= 11 is 0. The molecule has 0 aliphatic carbocycles. The van der Waals surface area contributed by atoms with Crippen LogP contribution in [0.25, 0.3) is 0 Å². The van der Waals surface area contributed by atoms with Crippen LogP contribution in [0.4, 0.5) is 0 Å². The van der Waals surface area contributed by atoms with Crippen molar-refractivity contribution in [1.82, 2.24) is 10.6 Å². The molecule has 0 aliphatic rings. The number of rotatable bonds is 12. The summed E-state index contributed by atoms with van der Waals surface area (Å²) in [5.74, 6) is -1.99. The van der Waals surface area contributed by atoms with Gasteiger partial charge in [-0.2, -0.15) is 0 Å². The Hall–Kier alpha value is -2.67. The van der Waals surface area contributed by atoms with Crippen molar-refractivity contribution in [2.24, 2.45) is 11.8 Å². The molecule has 7 heteroatoms. The van der Waals surface area contributed by atoms with E-state index >= 15 is 0 Å². The Labute approximate surface area is 191 Å². The quantitative estimate of drug-likeness (QED) is 0.378. The fourth-order valence-electron chi connectivity index (χ4n) is 3.21. The number of nitrogens with one attached hydrogen (secondary N) is 2. The average molecular weight is 447 g/mol. The monoisotopic (exact) mass is 446 g/mol. The van der Waals surface area contributed by atoms with E-state index < -0.39 is 23.5 Å². The summed E-state index contributed by atoms with van der Waals surface area (Å²) in [4.78, 5) is 38.3. The van der Waals surface area contributed by atoms with Gasteiger partial charge in [-0.05, 0) is 38.7 Å². The van der Waals surface area contributed by atoms with Crippen LogP contribution in [-0.2, 0) is 23.9 Å². The summed E-state index contributed by atoms with van der Waals surface area (Å²) in [6.45, 7) is 13.0. The second-order valence-electron chi connectivity index (χ2n) is 9.17. The van der Waals surface area contributed by atoms with Gasteiger partial charge in [0.2, 0.25) is 11.8 Å². The van der Waals surface area contributed by atoms with Gasteiger partial charge in [0, 0.05) is 7.11 Å². The number of amides is 2. The van der Waals surface area contributed by atoms with Gasteiger partial charge in [-0.3, -0.25) is 14.4 Å². The van der Waals surface area contributed by atoms with Gasteiger partial charge in [-0.1, -0.05) is 50.3 Å². The zero-order valence-electron chi connectivity index (χ0n) is 20.1. The second kappa shape index (κ2) is 13.0. The summed E-state index contributed by atoms with van der Waals surface area (Å²) in [5, 5.41) is 5.79. The number of hydrogen-bond acceptors (Lipinski definition) is 5. The fraction of sp³-hybridized carbons (Fsp3) is 0.560. The lowest BCUT2D eigenvalue weighted by molar-refractivity contribution is -0.157. The maximum Gasteiger partial charge on any atom is 0.307 e. The number of allylic oxidation sites excluding steroid dienone is 1. The van der Waals surface area contributed by atoms with Crippen molar-refractivity contribution in [1.29, 1.82) is 0 Å². The SMILES string of the molecule is C=CCC(CC(=O)OC(C)(C)C)C(=O)NC(C(=O)NC(COC)c1ccccc1)C(C)C. The van der Waals surface area contributed by atoms with Crippen LogP contribution < -0.4 is 10.6 Å². The highest BCUT2D eigenvalue weighted by atomic mass is 16.6. The van der Waals surface area contributed by atoms with E-state index in [-0.39, 0.29) is 30.2 Å². The molecule has 0 bridgehead atoms. The molecule has 7 nitrogen and oxygen atoms in total. The Balaban J connectivity index is 2.91. The predicted octanol–water partition coefficient (Wildman–Crippen LogP) is 3.56. The van der Waals surface area contributed by atoms with E-state index in [1.165, 1.54) is 0 Å². The topological polar surface area (TPSA) is 93.7 Å². The number of ether oxygens (including phenoxy) is 2. The van der Waals surface area contributed by atoms with E-state index in [1.807, 2.05) is 44.2 Å². The third-order valence-corrected chi connectivity index (χ3v) is 4.75. The summed E-state index contributed by atoms with van der Waals surface area (Å²) in [6.07, 6.45) is 1.80. The molecule has 2 amide bonds. The molecule has 0 heterocycles. The molecule has 32 heavy (non-hydrogen) atoms. The summed E-state index contributed by atoms with van der Waals surface area (Å²) < 4.78 is 10.6. The van der Waals surface area contributed by atoms with Crippen LogP contribution in [0, 0.1) is 11.8 Å². The number of hydrogen-bond donors (Lipinski definition) is 2. The van der Waals surface area contributed by atoms with Crippen LogP contribution >= 0.6 is 0 Å². The second-order valence-corrected chi connectivity index (χ2v) is 9.17. The fourth-order valence-corrected chi connectivity index (χ4v) is 3.21. The normalized spacial score (nSPS) is 14.2. The molecular weight excluding hydrogens is 408 g/mol. The van der Waals surface area contributed by atoms with E-state index in [0.717, 1.165) is 5.56 Å². The molecule has 3 atom stereocenters. The summed E-state index contributed by atoms with van der Waals surface area (Å²) in [6, 6.07) is 8.39. The lowest BCUT2D eigenvalue weighted by Gasteiger charge is -2.27. The maximum atomic E-state index is 13.1. The first-order valence-corrected chi connectivity index (χ1v) is 11.0. The Morgan fingerprint density at radius 3 is 2.19 bits per heavy atom. The smallest absolute Gasteiger partial charge is 0.307 e. The van der Waals surface area contributed by atoms with Gasteiger partial charge in [0.15, 0.2) is 0 Å². The predicted molar refractivity (Wildman–Crippen MR) is 125 cm³/mol. The minimum Gasteiger partial charge on any atom is -0.460 e. The minimum atomic E-state index is -0.767. The third-order valence-electron chi connectivity index (χ3n) is 4.75. The highest BCUT2D eigenvalue weighted by Gasteiger charge is 2.31. The Morgan fingerprint density at radius 2 is 1.69 bits per heavy atom. The first-order chi connectivity index (χ1) is 15.0. The van der Waals surface area contributed by atoms with Gasteiger partial charge in [-0.25, -0.2) is 0 Å². The molecule has 0 aromatic heterocycles. The van der Waals surface area contributed by atoms with Crippen molar-refractivity contribution < 1.29 is 23.9 Å². The molecule has 3 unspecified atom stereocenters. The number of benzene rings is 1. The number of methoxy groups -OCH3 is 1. The highest BCUT2D eigenvalue weighted by Crippen LogP contribution is 2.17. The molecule has 0 saturated carbocycles. The zero-order valence-corrected chi connectivity index (χ0v) is 20.1. The molecule has 2 N–H and O–H groups in total. The number of esters is 1. The first kappa shape index (κ1) is 27.4. The largest absolute Gasteiger partial charge is 0.460 e. The molecule has 1 aromatic rings. The van der Waals surface area contributed by atoms with Crippen molar-refractivity contribution in [3.63, 3.8) is 0 Å². The molecule has 1 aromatic carbocycles. The van der Waals surface area contributed by atoms with Gasteiger partial charge in [-0.15, -0.1) is 6.58 Å². The standard InChI is InChI=1S/C25H38N2O5/c1-8-12-19(15-21(28)32-25(4,5)6)23(29)27-22(17(2)3)24(30)26-20(16-31-7)18-13-10-9-11-14-18/h8-11,13-14,17,19-20,22H,1,12,15-16H2,2-7H3,(H,26,30)(H,27,29). The molecule has 0 aliphatic heterocycles. The van der Waals surface area contributed by atoms with E-state index in [4.69, 9.17) is 9.47 Å².